The smallest absolute Gasteiger partial charge is 0.263 e. The van der Waals surface area contributed by atoms with Crippen molar-refractivity contribution in [3.63, 3.8) is 0 Å². The number of nitrogens with one attached hydrogen (secondary N) is 2. The molecule has 3 aromatic rings. The third kappa shape index (κ3) is 4.48. The highest BCUT2D eigenvalue weighted by molar-refractivity contribution is 5.74. The minimum absolute atomic E-state index is 0.157. The van der Waals surface area contributed by atoms with Gasteiger partial charge in [0.25, 0.3) is 5.56 Å². The number of aromatic amines is 1. The van der Waals surface area contributed by atoms with Gasteiger partial charge in [-0.05, 0) is 45.9 Å². The normalized spacial score (nSPS) is 15.6. The summed E-state index contributed by atoms with van der Waals surface area (Å²) in [6, 6.07) is 10.6. The standard InChI is InChI=1S/C22H31N7O/c1-22(2,3)29-19-18(16-24-29)20(30)26-21(25-19)23-10-7-11-27-12-14-28(15-13-27)17-8-5-4-6-9-17/h4-6,8-9,16H,7,10-15H2,1-3H3,(H2,23,25,26,30). The quantitative estimate of drug-likeness (QED) is 0.609. The summed E-state index contributed by atoms with van der Waals surface area (Å²) in [6.07, 6.45) is 2.58. The van der Waals surface area contributed by atoms with Crippen molar-refractivity contribution in [2.45, 2.75) is 32.7 Å². The number of hydrogen-bond donors (Lipinski definition) is 2. The number of fused-ring (bicyclic) bond motifs is 1. The molecule has 0 amide bonds. The second-order valence-corrected chi connectivity index (χ2v) is 8.82. The molecule has 0 spiro atoms. The van der Waals surface area contributed by atoms with Crippen molar-refractivity contribution < 1.29 is 0 Å². The first-order chi connectivity index (χ1) is 14.4. The molecule has 2 aromatic heterocycles. The molecule has 1 aliphatic heterocycles. The number of nitrogens with zero attached hydrogens (tertiary/aromatic N) is 5. The van der Waals surface area contributed by atoms with Crippen LogP contribution >= 0.6 is 0 Å². The van der Waals surface area contributed by atoms with E-state index in [4.69, 9.17) is 0 Å². The van der Waals surface area contributed by atoms with Crippen LogP contribution in [0.2, 0.25) is 0 Å². The average molecular weight is 410 g/mol. The monoisotopic (exact) mass is 409 g/mol. The molecule has 0 atom stereocenters. The Balaban J connectivity index is 1.28. The summed E-state index contributed by atoms with van der Waals surface area (Å²) in [7, 11) is 0. The van der Waals surface area contributed by atoms with E-state index < -0.39 is 0 Å². The summed E-state index contributed by atoms with van der Waals surface area (Å²) in [5.41, 5.74) is 1.53. The lowest BCUT2D eigenvalue weighted by atomic mass is 10.1. The number of H-pyrrole nitrogens is 1. The molecule has 8 nitrogen and oxygen atoms in total. The maximum atomic E-state index is 12.4. The van der Waals surface area contributed by atoms with Gasteiger partial charge in [0.2, 0.25) is 5.95 Å². The van der Waals surface area contributed by atoms with Gasteiger partial charge in [-0.25, -0.2) is 4.68 Å². The maximum Gasteiger partial charge on any atom is 0.263 e. The Morgan fingerprint density at radius 2 is 1.83 bits per heavy atom. The highest BCUT2D eigenvalue weighted by Crippen LogP contribution is 2.19. The Morgan fingerprint density at radius 3 is 2.53 bits per heavy atom. The number of para-hydroxylation sites is 1. The number of hydrogen-bond acceptors (Lipinski definition) is 6. The van der Waals surface area contributed by atoms with Crippen molar-refractivity contribution in [2.75, 3.05) is 49.5 Å². The Kier molecular flexibility index (Phi) is 5.76. The molecule has 1 saturated heterocycles. The summed E-state index contributed by atoms with van der Waals surface area (Å²) in [5, 5.41) is 8.15. The number of aromatic nitrogens is 4. The number of rotatable bonds is 6. The van der Waals surface area contributed by atoms with Crippen LogP contribution in [0, 0.1) is 0 Å². The lowest BCUT2D eigenvalue weighted by Gasteiger charge is -2.36. The van der Waals surface area contributed by atoms with Gasteiger partial charge >= 0.3 is 0 Å². The van der Waals surface area contributed by atoms with E-state index >= 15 is 0 Å². The van der Waals surface area contributed by atoms with Gasteiger partial charge in [-0.15, -0.1) is 0 Å². The molecular weight excluding hydrogens is 378 g/mol. The number of benzene rings is 1. The van der Waals surface area contributed by atoms with Crippen molar-refractivity contribution in [1.29, 1.82) is 0 Å². The van der Waals surface area contributed by atoms with Crippen LogP contribution in [0.5, 0.6) is 0 Å². The van der Waals surface area contributed by atoms with Crippen LogP contribution in [0.25, 0.3) is 11.0 Å². The highest BCUT2D eigenvalue weighted by Gasteiger charge is 2.20. The zero-order valence-corrected chi connectivity index (χ0v) is 18.1. The first-order valence-electron chi connectivity index (χ1n) is 10.7. The van der Waals surface area contributed by atoms with E-state index in [1.165, 1.54) is 5.69 Å². The minimum atomic E-state index is -0.234. The zero-order chi connectivity index (χ0) is 21.1. The van der Waals surface area contributed by atoms with Gasteiger partial charge in [0.15, 0.2) is 5.65 Å². The summed E-state index contributed by atoms with van der Waals surface area (Å²) < 4.78 is 1.80. The molecular formula is C22H31N7O. The van der Waals surface area contributed by atoms with Crippen LogP contribution < -0.4 is 15.8 Å². The molecule has 0 saturated carbocycles. The molecule has 0 radical (unpaired) electrons. The summed E-state index contributed by atoms with van der Waals surface area (Å²) in [4.78, 5) is 24.7. The van der Waals surface area contributed by atoms with E-state index in [1.54, 1.807) is 10.9 Å². The SMILES string of the molecule is CC(C)(C)n1ncc2c(=O)[nH]c(NCCCN3CCN(c4ccccc4)CC3)nc21. The molecule has 0 unspecified atom stereocenters. The van der Waals surface area contributed by atoms with Gasteiger partial charge in [0, 0.05) is 38.4 Å². The molecule has 0 aliphatic carbocycles. The average Bonchev–Trinajstić information content (AvgIpc) is 3.17. The Hall–Kier alpha value is -2.87. The molecule has 1 aromatic carbocycles. The fraction of sp³-hybridized carbons (Fsp3) is 0.500. The van der Waals surface area contributed by atoms with Crippen molar-refractivity contribution in [2.24, 2.45) is 0 Å². The molecule has 30 heavy (non-hydrogen) atoms. The van der Waals surface area contributed by atoms with Gasteiger partial charge in [-0.3, -0.25) is 14.7 Å². The maximum absolute atomic E-state index is 12.4. The van der Waals surface area contributed by atoms with Crippen LogP contribution in [-0.2, 0) is 5.54 Å². The first kappa shape index (κ1) is 20.4. The number of piperazine rings is 1. The van der Waals surface area contributed by atoms with E-state index in [-0.39, 0.29) is 11.1 Å². The zero-order valence-electron chi connectivity index (χ0n) is 18.1. The topological polar surface area (TPSA) is 82.1 Å². The van der Waals surface area contributed by atoms with E-state index in [1.807, 2.05) is 20.8 Å². The molecule has 8 heteroatoms. The molecule has 2 N–H and O–H groups in total. The van der Waals surface area contributed by atoms with Crippen molar-refractivity contribution in [3.8, 4) is 0 Å². The van der Waals surface area contributed by atoms with Crippen molar-refractivity contribution in [1.82, 2.24) is 24.6 Å². The molecule has 160 valence electrons. The van der Waals surface area contributed by atoms with Gasteiger partial charge < -0.3 is 10.2 Å². The van der Waals surface area contributed by atoms with E-state index in [0.717, 1.165) is 45.7 Å². The fourth-order valence-corrected chi connectivity index (χ4v) is 3.87. The minimum Gasteiger partial charge on any atom is -0.369 e. The molecule has 3 heterocycles. The predicted molar refractivity (Wildman–Crippen MR) is 121 cm³/mol. The summed E-state index contributed by atoms with van der Waals surface area (Å²) in [6.45, 7) is 12.2. The van der Waals surface area contributed by atoms with E-state index in [2.05, 4.69) is 60.5 Å². The predicted octanol–water partition coefficient (Wildman–Crippen LogP) is 2.50. The lowest BCUT2D eigenvalue weighted by Crippen LogP contribution is -2.46. The van der Waals surface area contributed by atoms with E-state index in [9.17, 15) is 4.79 Å². The molecule has 0 bridgehead atoms. The Morgan fingerprint density at radius 1 is 1.10 bits per heavy atom. The second kappa shape index (κ2) is 8.47. The van der Waals surface area contributed by atoms with Crippen LogP contribution in [0.15, 0.2) is 41.3 Å². The summed E-state index contributed by atoms with van der Waals surface area (Å²) >= 11 is 0. The van der Waals surface area contributed by atoms with Crippen molar-refractivity contribution >= 4 is 22.7 Å². The lowest BCUT2D eigenvalue weighted by molar-refractivity contribution is 0.257. The first-order valence-corrected chi connectivity index (χ1v) is 10.7. The van der Waals surface area contributed by atoms with Crippen molar-refractivity contribution in [3.05, 3.63) is 46.9 Å². The second-order valence-electron chi connectivity index (χ2n) is 8.82. The van der Waals surface area contributed by atoms with E-state index in [0.29, 0.717) is 17.0 Å². The third-order valence-electron chi connectivity index (χ3n) is 5.51. The van der Waals surface area contributed by atoms with Gasteiger partial charge in [0.05, 0.1) is 11.7 Å². The van der Waals surface area contributed by atoms with Crippen LogP contribution in [0.3, 0.4) is 0 Å². The Labute approximate surface area is 176 Å². The molecule has 4 rings (SSSR count). The largest absolute Gasteiger partial charge is 0.369 e. The molecule has 1 fully saturated rings. The number of anilines is 2. The highest BCUT2D eigenvalue weighted by atomic mass is 16.1. The molecule has 1 aliphatic rings. The van der Waals surface area contributed by atoms with Gasteiger partial charge in [-0.2, -0.15) is 10.1 Å². The summed E-state index contributed by atoms with van der Waals surface area (Å²) in [5.74, 6) is 0.507. The van der Waals surface area contributed by atoms with Crippen LogP contribution in [0.1, 0.15) is 27.2 Å². The van der Waals surface area contributed by atoms with Crippen LogP contribution in [-0.4, -0.2) is 63.9 Å². The third-order valence-corrected chi connectivity index (χ3v) is 5.51. The van der Waals surface area contributed by atoms with Gasteiger partial charge in [-0.1, -0.05) is 18.2 Å². The van der Waals surface area contributed by atoms with Crippen LogP contribution in [0.4, 0.5) is 11.6 Å². The Bertz CT molecular complexity index is 1030. The van der Waals surface area contributed by atoms with Gasteiger partial charge in [0.1, 0.15) is 5.39 Å². The fourth-order valence-electron chi connectivity index (χ4n) is 3.87.